The molecule has 0 bridgehead atoms. The molecule has 0 heterocycles. The summed E-state index contributed by atoms with van der Waals surface area (Å²) in [6, 6.07) is 8.34. The lowest BCUT2D eigenvalue weighted by Gasteiger charge is -2.29. The van der Waals surface area contributed by atoms with Crippen molar-refractivity contribution in [2.24, 2.45) is 11.7 Å². The van der Waals surface area contributed by atoms with Crippen LogP contribution in [0.3, 0.4) is 0 Å². The summed E-state index contributed by atoms with van der Waals surface area (Å²) < 4.78 is 12.5. The van der Waals surface area contributed by atoms with Crippen LogP contribution in [0.5, 0.6) is 0 Å². The Labute approximate surface area is 112 Å². The van der Waals surface area contributed by atoms with Crippen molar-refractivity contribution in [1.82, 2.24) is 0 Å². The molecule has 1 saturated carbocycles. The zero-order chi connectivity index (χ0) is 13.0. The monoisotopic (exact) mass is 265 g/mol. The highest BCUT2D eigenvalue weighted by Gasteiger charge is 2.28. The third-order valence-electron chi connectivity index (χ3n) is 3.87. The first-order valence-electron chi connectivity index (χ1n) is 6.83. The first-order chi connectivity index (χ1) is 8.70. The van der Waals surface area contributed by atoms with Gasteiger partial charge in [-0.25, -0.2) is 0 Å². The van der Waals surface area contributed by atoms with E-state index in [1.165, 1.54) is 24.0 Å². The molecule has 3 unspecified atom stereocenters. The highest BCUT2D eigenvalue weighted by molar-refractivity contribution is 7.84. The molecule has 1 aliphatic carbocycles. The summed E-state index contributed by atoms with van der Waals surface area (Å²) >= 11 is 0. The van der Waals surface area contributed by atoms with E-state index in [0.717, 1.165) is 12.8 Å². The van der Waals surface area contributed by atoms with Gasteiger partial charge in [-0.15, -0.1) is 0 Å². The molecule has 0 amide bonds. The second-order valence-corrected chi connectivity index (χ2v) is 6.99. The number of hydrogen-bond donors (Lipinski definition) is 1. The molecular formula is C15H23NOS. The van der Waals surface area contributed by atoms with Crippen LogP contribution in [0.25, 0.3) is 0 Å². The van der Waals surface area contributed by atoms with Gasteiger partial charge in [-0.2, -0.15) is 0 Å². The predicted octanol–water partition coefficient (Wildman–Crippen LogP) is 2.76. The normalized spacial score (nSPS) is 25.9. The maximum Gasteiger partial charge on any atom is 0.0488 e. The third kappa shape index (κ3) is 3.42. The Morgan fingerprint density at radius 1 is 1.33 bits per heavy atom. The van der Waals surface area contributed by atoms with Crippen molar-refractivity contribution in [3.8, 4) is 0 Å². The van der Waals surface area contributed by atoms with Crippen LogP contribution in [-0.2, 0) is 16.6 Å². The molecule has 1 fully saturated rings. The molecule has 2 N–H and O–H groups in total. The van der Waals surface area contributed by atoms with E-state index in [-0.39, 0.29) is 0 Å². The number of nitrogens with two attached hydrogens (primary N) is 1. The van der Waals surface area contributed by atoms with Gasteiger partial charge in [-0.05, 0) is 37.8 Å². The Kier molecular flexibility index (Phi) is 4.95. The van der Waals surface area contributed by atoms with Gasteiger partial charge >= 0.3 is 0 Å². The van der Waals surface area contributed by atoms with Crippen LogP contribution in [0, 0.1) is 12.8 Å². The average Bonchev–Trinajstić information content (AvgIpc) is 2.38. The lowest BCUT2D eigenvalue weighted by molar-refractivity contribution is 0.372. The molecule has 1 aromatic rings. The fourth-order valence-corrected chi connectivity index (χ4v) is 4.69. The fraction of sp³-hybridized carbons (Fsp3) is 0.600. The van der Waals surface area contributed by atoms with E-state index in [4.69, 9.17) is 5.73 Å². The van der Waals surface area contributed by atoms with Crippen LogP contribution in [0.2, 0.25) is 0 Å². The van der Waals surface area contributed by atoms with Gasteiger partial charge in [0.25, 0.3) is 0 Å². The molecule has 2 rings (SSSR count). The summed E-state index contributed by atoms with van der Waals surface area (Å²) in [5, 5.41) is 0.310. The second kappa shape index (κ2) is 6.48. The average molecular weight is 265 g/mol. The highest BCUT2D eigenvalue weighted by atomic mass is 32.2. The van der Waals surface area contributed by atoms with Crippen molar-refractivity contribution in [2.75, 3.05) is 6.54 Å². The van der Waals surface area contributed by atoms with Gasteiger partial charge in [0.1, 0.15) is 0 Å². The van der Waals surface area contributed by atoms with E-state index in [9.17, 15) is 4.21 Å². The lowest BCUT2D eigenvalue weighted by atomic mass is 9.89. The minimum absolute atomic E-state index is 0.310. The lowest BCUT2D eigenvalue weighted by Crippen LogP contribution is -2.34. The van der Waals surface area contributed by atoms with Crippen molar-refractivity contribution in [3.63, 3.8) is 0 Å². The van der Waals surface area contributed by atoms with Gasteiger partial charge in [-0.3, -0.25) is 4.21 Å². The fourth-order valence-electron chi connectivity index (χ4n) is 2.86. The zero-order valence-electron chi connectivity index (χ0n) is 11.1. The molecular weight excluding hydrogens is 242 g/mol. The van der Waals surface area contributed by atoms with Crippen molar-refractivity contribution in [1.29, 1.82) is 0 Å². The Balaban J connectivity index is 2.02. The largest absolute Gasteiger partial charge is 0.330 e. The van der Waals surface area contributed by atoms with E-state index in [2.05, 4.69) is 25.1 Å². The molecule has 0 aromatic heterocycles. The van der Waals surface area contributed by atoms with E-state index < -0.39 is 10.8 Å². The summed E-state index contributed by atoms with van der Waals surface area (Å²) in [6.45, 7) is 2.76. The number of rotatable bonds is 4. The maximum atomic E-state index is 12.5. The standard InChI is InChI=1S/C15H23NOS/c1-12-5-4-6-13(9-12)11-18(17)15-8-3-2-7-14(15)10-16/h4-6,9,14-15H,2-3,7-8,10-11,16H2,1H3. The van der Waals surface area contributed by atoms with Crippen LogP contribution in [0.1, 0.15) is 36.8 Å². The Morgan fingerprint density at radius 2 is 2.11 bits per heavy atom. The molecule has 0 saturated heterocycles. The summed E-state index contributed by atoms with van der Waals surface area (Å²) in [5.74, 6) is 1.15. The number of benzene rings is 1. The van der Waals surface area contributed by atoms with Gasteiger partial charge in [-0.1, -0.05) is 42.7 Å². The molecule has 0 aliphatic heterocycles. The van der Waals surface area contributed by atoms with Crippen LogP contribution in [0.4, 0.5) is 0 Å². The van der Waals surface area contributed by atoms with E-state index >= 15 is 0 Å². The summed E-state index contributed by atoms with van der Waals surface area (Å²) in [4.78, 5) is 0. The second-order valence-electron chi connectivity index (χ2n) is 5.33. The maximum absolute atomic E-state index is 12.5. The Bertz CT molecular complexity index is 419. The van der Waals surface area contributed by atoms with Crippen molar-refractivity contribution in [3.05, 3.63) is 35.4 Å². The minimum Gasteiger partial charge on any atom is -0.330 e. The topological polar surface area (TPSA) is 43.1 Å². The number of hydrogen-bond acceptors (Lipinski definition) is 2. The predicted molar refractivity (Wildman–Crippen MR) is 77.8 cm³/mol. The van der Waals surface area contributed by atoms with Crippen LogP contribution in [0.15, 0.2) is 24.3 Å². The van der Waals surface area contributed by atoms with E-state index in [1.54, 1.807) is 0 Å². The minimum atomic E-state index is -0.776. The summed E-state index contributed by atoms with van der Waals surface area (Å²) in [7, 11) is -0.776. The van der Waals surface area contributed by atoms with E-state index in [0.29, 0.717) is 23.5 Å². The Hall–Kier alpha value is -0.670. The summed E-state index contributed by atoms with van der Waals surface area (Å²) in [6.07, 6.45) is 4.70. The molecule has 100 valence electrons. The number of aryl methyl sites for hydroxylation is 1. The highest BCUT2D eigenvalue weighted by Crippen LogP contribution is 2.28. The van der Waals surface area contributed by atoms with E-state index in [1.807, 2.05) is 6.07 Å². The quantitative estimate of drug-likeness (QED) is 0.909. The van der Waals surface area contributed by atoms with Gasteiger partial charge < -0.3 is 5.73 Å². The molecule has 2 nitrogen and oxygen atoms in total. The molecule has 18 heavy (non-hydrogen) atoms. The SMILES string of the molecule is Cc1cccc(CS(=O)C2CCCCC2CN)c1. The first kappa shape index (κ1) is 13.8. The van der Waals surface area contributed by atoms with Crippen molar-refractivity contribution < 1.29 is 4.21 Å². The Morgan fingerprint density at radius 3 is 2.83 bits per heavy atom. The van der Waals surface area contributed by atoms with Crippen LogP contribution in [-0.4, -0.2) is 16.0 Å². The van der Waals surface area contributed by atoms with Gasteiger partial charge in [0.2, 0.25) is 0 Å². The van der Waals surface area contributed by atoms with Gasteiger partial charge in [0.15, 0.2) is 0 Å². The third-order valence-corrected chi connectivity index (χ3v) is 5.78. The summed E-state index contributed by atoms with van der Waals surface area (Å²) in [5.41, 5.74) is 8.24. The molecule has 0 radical (unpaired) electrons. The molecule has 1 aliphatic rings. The van der Waals surface area contributed by atoms with Gasteiger partial charge in [0, 0.05) is 21.8 Å². The molecule has 0 spiro atoms. The van der Waals surface area contributed by atoms with Crippen molar-refractivity contribution >= 4 is 10.8 Å². The van der Waals surface area contributed by atoms with Gasteiger partial charge in [0.05, 0.1) is 0 Å². The molecule has 1 aromatic carbocycles. The smallest absolute Gasteiger partial charge is 0.0488 e. The van der Waals surface area contributed by atoms with Crippen LogP contribution < -0.4 is 5.73 Å². The van der Waals surface area contributed by atoms with Crippen LogP contribution >= 0.6 is 0 Å². The molecule has 3 heteroatoms. The first-order valence-corrected chi connectivity index (χ1v) is 8.21. The zero-order valence-corrected chi connectivity index (χ0v) is 11.9. The molecule has 3 atom stereocenters. The van der Waals surface area contributed by atoms with Crippen molar-refractivity contribution in [2.45, 2.75) is 43.6 Å².